The summed E-state index contributed by atoms with van der Waals surface area (Å²) in [6.07, 6.45) is 13.4. The van der Waals surface area contributed by atoms with Crippen LogP contribution in [0.5, 0.6) is 0 Å². The second kappa shape index (κ2) is 10.7. The van der Waals surface area contributed by atoms with Gasteiger partial charge in [0.2, 0.25) is 0 Å². The Bertz CT molecular complexity index is 1190. The molecule has 0 saturated heterocycles. The highest BCUT2D eigenvalue weighted by molar-refractivity contribution is 5.66. The molecule has 0 aliphatic heterocycles. The molecule has 0 spiro atoms. The van der Waals surface area contributed by atoms with Gasteiger partial charge < -0.3 is 0 Å². The van der Waals surface area contributed by atoms with Crippen molar-refractivity contribution >= 4 is 0 Å². The molecule has 0 N–H and O–H groups in total. The Hall–Kier alpha value is -3.33. The highest BCUT2D eigenvalue weighted by atomic mass is 15.0. The molecule has 36 heavy (non-hydrogen) atoms. The maximum absolute atomic E-state index is 4.96. The van der Waals surface area contributed by atoms with Gasteiger partial charge in [-0.1, -0.05) is 117 Å². The van der Waals surface area contributed by atoms with Crippen LogP contribution >= 0.6 is 0 Å². The summed E-state index contributed by atoms with van der Waals surface area (Å²) in [5.41, 5.74) is 6.02. The summed E-state index contributed by atoms with van der Waals surface area (Å²) in [5.74, 6) is 3.60. The average molecular weight is 474 g/mol. The first-order valence-corrected chi connectivity index (χ1v) is 13.9. The van der Waals surface area contributed by atoms with Gasteiger partial charge in [0.15, 0.2) is 17.5 Å². The first-order valence-electron chi connectivity index (χ1n) is 13.9. The van der Waals surface area contributed by atoms with Gasteiger partial charge in [0.1, 0.15) is 0 Å². The molecular formula is C33H35N3. The minimum Gasteiger partial charge on any atom is -0.208 e. The third-order valence-corrected chi connectivity index (χ3v) is 8.16. The smallest absolute Gasteiger partial charge is 0.164 e. The van der Waals surface area contributed by atoms with Crippen LogP contribution in [0.3, 0.4) is 0 Å². The lowest BCUT2D eigenvalue weighted by molar-refractivity contribution is 0.443. The summed E-state index contributed by atoms with van der Waals surface area (Å²) >= 11 is 0. The van der Waals surface area contributed by atoms with E-state index < -0.39 is 0 Å². The Morgan fingerprint density at radius 3 is 1.14 bits per heavy atom. The molecule has 182 valence electrons. The zero-order chi connectivity index (χ0) is 24.2. The van der Waals surface area contributed by atoms with Crippen molar-refractivity contribution in [1.29, 1.82) is 0 Å². The molecule has 3 heteroatoms. The van der Waals surface area contributed by atoms with E-state index in [0.29, 0.717) is 11.8 Å². The largest absolute Gasteiger partial charge is 0.208 e. The van der Waals surface area contributed by atoms with Crippen LogP contribution in [0.15, 0.2) is 78.9 Å². The first kappa shape index (κ1) is 23.1. The van der Waals surface area contributed by atoms with Gasteiger partial charge >= 0.3 is 0 Å². The molecule has 0 amide bonds. The van der Waals surface area contributed by atoms with Crippen LogP contribution in [-0.4, -0.2) is 15.0 Å². The molecule has 4 aromatic rings. The fourth-order valence-electron chi connectivity index (χ4n) is 6.03. The quantitative estimate of drug-likeness (QED) is 0.290. The summed E-state index contributed by atoms with van der Waals surface area (Å²) in [6.45, 7) is 0. The van der Waals surface area contributed by atoms with Crippen LogP contribution in [0.1, 0.15) is 87.2 Å². The molecule has 1 aromatic heterocycles. The van der Waals surface area contributed by atoms with Crippen molar-refractivity contribution in [3.8, 4) is 34.2 Å². The van der Waals surface area contributed by atoms with Gasteiger partial charge in [0.25, 0.3) is 0 Å². The summed E-state index contributed by atoms with van der Waals surface area (Å²) in [7, 11) is 0. The van der Waals surface area contributed by atoms with E-state index in [1.807, 2.05) is 18.2 Å². The Morgan fingerprint density at radius 2 is 0.750 bits per heavy atom. The predicted octanol–water partition coefficient (Wildman–Crippen LogP) is 8.97. The van der Waals surface area contributed by atoms with E-state index in [2.05, 4.69) is 60.7 Å². The molecule has 3 aromatic carbocycles. The number of rotatable bonds is 5. The molecule has 2 aliphatic rings. The number of hydrogen-bond donors (Lipinski definition) is 0. The van der Waals surface area contributed by atoms with Gasteiger partial charge in [-0.3, -0.25) is 0 Å². The minimum absolute atomic E-state index is 0.698. The molecule has 2 saturated carbocycles. The fourth-order valence-corrected chi connectivity index (χ4v) is 6.03. The highest BCUT2D eigenvalue weighted by Gasteiger charge is 2.18. The Morgan fingerprint density at radius 1 is 0.389 bits per heavy atom. The lowest BCUT2D eigenvalue weighted by Crippen LogP contribution is -2.05. The van der Waals surface area contributed by atoms with Crippen molar-refractivity contribution in [1.82, 2.24) is 15.0 Å². The van der Waals surface area contributed by atoms with Crippen LogP contribution in [0, 0.1) is 0 Å². The summed E-state index contributed by atoms with van der Waals surface area (Å²) in [6, 6.07) is 28.2. The predicted molar refractivity (Wildman–Crippen MR) is 148 cm³/mol. The number of aromatic nitrogens is 3. The van der Waals surface area contributed by atoms with Gasteiger partial charge in [-0.05, 0) is 48.6 Å². The second-order valence-electron chi connectivity index (χ2n) is 10.6. The zero-order valence-corrected chi connectivity index (χ0v) is 21.1. The van der Waals surface area contributed by atoms with Gasteiger partial charge in [-0.2, -0.15) is 0 Å². The molecule has 6 rings (SSSR count). The summed E-state index contributed by atoms with van der Waals surface area (Å²) < 4.78 is 0. The van der Waals surface area contributed by atoms with E-state index in [1.54, 1.807) is 0 Å². The fraction of sp³-hybridized carbons (Fsp3) is 0.364. The zero-order valence-electron chi connectivity index (χ0n) is 21.1. The molecule has 0 bridgehead atoms. The lowest BCUT2D eigenvalue weighted by atomic mass is 9.84. The molecular weight excluding hydrogens is 438 g/mol. The van der Waals surface area contributed by atoms with E-state index in [0.717, 1.165) is 34.2 Å². The Labute approximate surface area is 215 Å². The second-order valence-corrected chi connectivity index (χ2v) is 10.6. The summed E-state index contributed by atoms with van der Waals surface area (Å²) in [4.78, 5) is 14.8. The van der Waals surface area contributed by atoms with E-state index in [1.165, 1.54) is 75.3 Å². The van der Waals surface area contributed by atoms with Gasteiger partial charge in [-0.15, -0.1) is 0 Å². The standard InChI is InChI=1S/C33H35N3/c1-4-10-24(11-5-1)26-16-20-29(21-17-26)32-34-31(28-14-8-3-9-15-28)35-33(36-32)30-22-18-27(19-23-30)25-12-6-2-7-13-25/h3,8-9,14-25H,1-2,4-7,10-13H2. The molecule has 2 fully saturated rings. The number of hydrogen-bond acceptors (Lipinski definition) is 3. The maximum atomic E-state index is 4.96. The monoisotopic (exact) mass is 473 g/mol. The van der Waals surface area contributed by atoms with E-state index in [-0.39, 0.29) is 0 Å². The van der Waals surface area contributed by atoms with Crippen molar-refractivity contribution in [3.05, 3.63) is 90.0 Å². The Balaban J connectivity index is 1.34. The summed E-state index contributed by atoms with van der Waals surface area (Å²) in [5, 5.41) is 0. The topological polar surface area (TPSA) is 38.7 Å². The molecule has 0 unspecified atom stereocenters. The van der Waals surface area contributed by atoms with Crippen molar-refractivity contribution in [2.24, 2.45) is 0 Å². The Kier molecular flexibility index (Phi) is 6.89. The van der Waals surface area contributed by atoms with E-state index in [9.17, 15) is 0 Å². The minimum atomic E-state index is 0.698. The van der Waals surface area contributed by atoms with E-state index >= 15 is 0 Å². The number of nitrogens with zero attached hydrogens (tertiary/aromatic N) is 3. The maximum Gasteiger partial charge on any atom is 0.164 e. The molecule has 0 radical (unpaired) electrons. The normalized spacial score (nSPS) is 17.2. The third kappa shape index (κ3) is 5.11. The molecule has 2 aliphatic carbocycles. The molecule has 1 heterocycles. The van der Waals surface area contributed by atoms with Crippen LogP contribution in [-0.2, 0) is 0 Å². The molecule has 0 atom stereocenters. The van der Waals surface area contributed by atoms with Crippen molar-refractivity contribution < 1.29 is 0 Å². The van der Waals surface area contributed by atoms with Gasteiger partial charge in [0, 0.05) is 16.7 Å². The number of benzene rings is 3. The lowest BCUT2D eigenvalue weighted by Gasteiger charge is -2.22. The van der Waals surface area contributed by atoms with Crippen LogP contribution < -0.4 is 0 Å². The van der Waals surface area contributed by atoms with Gasteiger partial charge in [0.05, 0.1) is 0 Å². The van der Waals surface area contributed by atoms with Crippen molar-refractivity contribution in [3.63, 3.8) is 0 Å². The average Bonchev–Trinajstić information content (AvgIpc) is 2.98. The molecule has 3 nitrogen and oxygen atoms in total. The van der Waals surface area contributed by atoms with Crippen LogP contribution in [0.4, 0.5) is 0 Å². The highest BCUT2D eigenvalue weighted by Crippen LogP contribution is 2.35. The van der Waals surface area contributed by atoms with E-state index in [4.69, 9.17) is 15.0 Å². The van der Waals surface area contributed by atoms with Crippen molar-refractivity contribution in [2.75, 3.05) is 0 Å². The van der Waals surface area contributed by atoms with Gasteiger partial charge in [-0.25, -0.2) is 15.0 Å². The van der Waals surface area contributed by atoms with Crippen LogP contribution in [0.25, 0.3) is 34.2 Å². The third-order valence-electron chi connectivity index (χ3n) is 8.16. The van der Waals surface area contributed by atoms with Crippen LogP contribution in [0.2, 0.25) is 0 Å². The van der Waals surface area contributed by atoms with Crippen molar-refractivity contribution in [2.45, 2.75) is 76.0 Å². The SMILES string of the molecule is c1ccc(-c2nc(-c3ccc(C4CCCCC4)cc3)nc(-c3ccc(C4CCCCC4)cc3)n2)cc1. The first-order chi connectivity index (χ1) is 17.8.